The molecule has 0 radical (unpaired) electrons. The minimum absolute atomic E-state index is 0.171. The predicted octanol–water partition coefficient (Wildman–Crippen LogP) is 3.95. The highest BCUT2D eigenvalue weighted by molar-refractivity contribution is 6.29. The number of aromatic amines is 1. The highest BCUT2D eigenvalue weighted by Crippen LogP contribution is 2.19. The smallest absolute Gasteiger partial charge is 0.290 e. The van der Waals surface area contributed by atoms with Crippen LogP contribution in [0.2, 0.25) is 5.15 Å². The monoisotopic (exact) mass is 342 g/mol. The van der Waals surface area contributed by atoms with Crippen molar-refractivity contribution < 1.29 is 0 Å². The molecule has 0 aliphatic carbocycles. The lowest BCUT2D eigenvalue weighted by Gasteiger charge is -2.01. The zero-order chi connectivity index (χ0) is 17.3. The molecule has 3 aromatic rings. The molecule has 7 nitrogen and oxygen atoms in total. The molecule has 0 saturated carbocycles. The Hall–Kier alpha value is -2.80. The average Bonchev–Trinajstić information content (AvgIpc) is 2.81. The van der Waals surface area contributed by atoms with E-state index in [4.69, 9.17) is 11.6 Å². The van der Waals surface area contributed by atoms with Gasteiger partial charge in [0.05, 0.1) is 11.4 Å². The zero-order valence-corrected chi connectivity index (χ0v) is 14.2. The fourth-order valence-corrected chi connectivity index (χ4v) is 2.36. The van der Waals surface area contributed by atoms with E-state index >= 15 is 0 Å². The molecule has 0 aliphatic rings. The number of aryl methyl sites for hydroxylation is 3. The van der Waals surface area contributed by atoms with Crippen molar-refractivity contribution in [2.24, 2.45) is 10.2 Å². The van der Waals surface area contributed by atoms with Crippen molar-refractivity contribution in [2.45, 2.75) is 20.8 Å². The van der Waals surface area contributed by atoms with Gasteiger partial charge in [-0.3, -0.25) is 9.89 Å². The summed E-state index contributed by atoms with van der Waals surface area (Å²) >= 11 is 5.93. The first-order valence-corrected chi connectivity index (χ1v) is 7.63. The van der Waals surface area contributed by atoms with Crippen LogP contribution in [0.25, 0.3) is 5.95 Å². The maximum absolute atomic E-state index is 12.5. The minimum atomic E-state index is -0.384. The summed E-state index contributed by atoms with van der Waals surface area (Å²) in [6.45, 7) is 5.50. The van der Waals surface area contributed by atoms with Crippen LogP contribution in [-0.4, -0.2) is 19.7 Å². The first-order valence-electron chi connectivity index (χ1n) is 7.25. The SMILES string of the molecule is Cc1ccc(N=Nc2c(C)[nH]n(-c3nc(C)cc(Cl)n3)c2=O)cc1. The standard InChI is InChI=1S/C16H15ClN6O/c1-9-4-6-12(7-5-9)20-21-14-11(3)22-23(15(14)24)16-18-10(2)8-13(17)19-16/h4-8,22H,1-3H3. The van der Waals surface area contributed by atoms with Gasteiger partial charge >= 0.3 is 5.56 Å². The molecule has 0 aliphatic heterocycles. The van der Waals surface area contributed by atoms with Crippen LogP contribution < -0.4 is 5.56 Å². The van der Waals surface area contributed by atoms with E-state index in [2.05, 4.69) is 25.3 Å². The summed E-state index contributed by atoms with van der Waals surface area (Å²) in [5.74, 6) is 0.171. The van der Waals surface area contributed by atoms with Crippen LogP contribution >= 0.6 is 11.6 Å². The van der Waals surface area contributed by atoms with Crippen molar-refractivity contribution >= 4 is 23.0 Å². The second-order valence-corrected chi connectivity index (χ2v) is 5.78. The number of rotatable bonds is 3. The fourth-order valence-electron chi connectivity index (χ4n) is 2.13. The van der Waals surface area contributed by atoms with Crippen LogP contribution in [0, 0.1) is 20.8 Å². The van der Waals surface area contributed by atoms with Gasteiger partial charge in [0.2, 0.25) is 0 Å². The summed E-state index contributed by atoms with van der Waals surface area (Å²) in [4.78, 5) is 20.8. The molecule has 0 unspecified atom stereocenters. The van der Waals surface area contributed by atoms with E-state index in [1.807, 2.05) is 31.2 Å². The molecule has 8 heteroatoms. The molecule has 0 atom stereocenters. The lowest BCUT2D eigenvalue weighted by atomic mass is 10.2. The van der Waals surface area contributed by atoms with Crippen molar-refractivity contribution in [3.63, 3.8) is 0 Å². The molecule has 0 fully saturated rings. The van der Waals surface area contributed by atoms with Crippen LogP contribution in [-0.2, 0) is 0 Å². The summed E-state index contributed by atoms with van der Waals surface area (Å²) in [5, 5.41) is 11.3. The van der Waals surface area contributed by atoms with Gasteiger partial charge in [-0.25, -0.2) is 4.98 Å². The molecule has 2 heterocycles. The fraction of sp³-hybridized carbons (Fsp3) is 0.188. The van der Waals surface area contributed by atoms with Gasteiger partial charge in [-0.15, -0.1) is 5.11 Å². The second-order valence-electron chi connectivity index (χ2n) is 5.39. The van der Waals surface area contributed by atoms with E-state index in [9.17, 15) is 4.79 Å². The van der Waals surface area contributed by atoms with Gasteiger partial charge in [-0.05, 0) is 39.0 Å². The van der Waals surface area contributed by atoms with Gasteiger partial charge in [0.15, 0.2) is 5.69 Å². The topological polar surface area (TPSA) is 88.3 Å². The minimum Gasteiger partial charge on any atom is -0.290 e. The molecule has 1 N–H and O–H groups in total. The Kier molecular flexibility index (Phi) is 4.26. The van der Waals surface area contributed by atoms with Crippen molar-refractivity contribution in [2.75, 3.05) is 0 Å². The molecule has 3 rings (SSSR count). The molecule has 0 spiro atoms. The third kappa shape index (κ3) is 3.26. The van der Waals surface area contributed by atoms with Crippen LogP contribution in [0.4, 0.5) is 11.4 Å². The molecule has 24 heavy (non-hydrogen) atoms. The largest absolute Gasteiger partial charge is 0.301 e. The molecule has 2 aromatic heterocycles. The number of halogens is 1. The maximum atomic E-state index is 12.5. The second kappa shape index (κ2) is 6.37. The molecule has 0 saturated heterocycles. The van der Waals surface area contributed by atoms with Crippen molar-refractivity contribution in [1.29, 1.82) is 0 Å². The van der Waals surface area contributed by atoms with E-state index in [0.717, 1.165) is 5.56 Å². The van der Waals surface area contributed by atoms with Crippen LogP contribution in [0.15, 0.2) is 45.4 Å². The lowest BCUT2D eigenvalue weighted by molar-refractivity contribution is 0.769. The number of hydrogen-bond acceptors (Lipinski definition) is 5. The van der Waals surface area contributed by atoms with E-state index in [0.29, 0.717) is 17.1 Å². The highest BCUT2D eigenvalue weighted by Gasteiger charge is 2.14. The predicted molar refractivity (Wildman–Crippen MR) is 91.8 cm³/mol. The number of nitrogens with one attached hydrogen (secondary N) is 1. The van der Waals surface area contributed by atoms with Crippen LogP contribution in [0.5, 0.6) is 0 Å². The first-order chi connectivity index (χ1) is 11.4. The number of azo groups is 1. The molecule has 1 aromatic carbocycles. The highest BCUT2D eigenvalue weighted by atomic mass is 35.5. The molecular formula is C16H15ClN6O. The van der Waals surface area contributed by atoms with E-state index in [-0.39, 0.29) is 22.3 Å². The van der Waals surface area contributed by atoms with Crippen molar-refractivity contribution in [3.05, 3.63) is 62.8 Å². The third-order valence-electron chi connectivity index (χ3n) is 3.35. The number of hydrogen-bond donors (Lipinski definition) is 1. The number of H-pyrrole nitrogens is 1. The van der Waals surface area contributed by atoms with Crippen LogP contribution in [0.1, 0.15) is 17.0 Å². The van der Waals surface area contributed by atoms with Gasteiger partial charge in [-0.2, -0.15) is 14.8 Å². The number of aromatic nitrogens is 4. The van der Waals surface area contributed by atoms with Crippen molar-refractivity contribution in [3.8, 4) is 5.95 Å². The Labute approximate surface area is 143 Å². The van der Waals surface area contributed by atoms with Gasteiger partial charge < -0.3 is 0 Å². The number of benzene rings is 1. The van der Waals surface area contributed by atoms with Crippen molar-refractivity contribution in [1.82, 2.24) is 19.7 Å². The van der Waals surface area contributed by atoms with Crippen LogP contribution in [0.3, 0.4) is 0 Å². The average molecular weight is 343 g/mol. The summed E-state index contributed by atoms with van der Waals surface area (Å²) in [7, 11) is 0. The first kappa shape index (κ1) is 16.1. The van der Waals surface area contributed by atoms with Gasteiger partial charge in [0.25, 0.3) is 5.95 Å². The Bertz CT molecular complexity index is 951. The summed E-state index contributed by atoms with van der Waals surface area (Å²) < 4.78 is 1.21. The number of nitrogens with zero attached hydrogens (tertiary/aromatic N) is 5. The van der Waals surface area contributed by atoms with E-state index < -0.39 is 0 Å². The molecule has 0 amide bonds. The summed E-state index contributed by atoms with van der Waals surface area (Å²) in [5.41, 5.74) is 2.84. The Morgan fingerprint density at radius 3 is 2.46 bits per heavy atom. The zero-order valence-electron chi connectivity index (χ0n) is 13.4. The Balaban J connectivity index is 2.00. The molecule has 122 valence electrons. The van der Waals surface area contributed by atoms with Gasteiger partial charge in [0.1, 0.15) is 5.15 Å². The molecule has 0 bridgehead atoms. The maximum Gasteiger partial charge on any atom is 0.301 e. The van der Waals surface area contributed by atoms with E-state index in [1.165, 1.54) is 4.68 Å². The van der Waals surface area contributed by atoms with Gasteiger partial charge in [-0.1, -0.05) is 29.3 Å². The quantitative estimate of drug-likeness (QED) is 0.577. The normalized spacial score (nSPS) is 11.3. The Morgan fingerprint density at radius 2 is 1.79 bits per heavy atom. The van der Waals surface area contributed by atoms with Gasteiger partial charge in [0, 0.05) is 5.69 Å². The summed E-state index contributed by atoms with van der Waals surface area (Å²) in [6.07, 6.45) is 0. The third-order valence-corrected chi connectivity index (χ3v) is 3.54. The Morgan fingerprint density at radius 1 is 1.08 bits per heavy atom. The summed E-state index contributed by atoms with van der Waals surface area (Å²) in [6, 6.07) is 9.15. The molecular weight excluding hydrogens is 328 g/mol. The lowest BCUT2D eigenvalue weighted by Crippen LogP contribution is -2.17. The van der Waals surface area contributed by atoms with E-state index in [1.54, 1.807) is 19.9 Å².